The van der Waals surface area contributed by atoms with Crippen molar-refractivity contribution >= 4 is 0 Å². The lowest BCUT2D eigenvalue weighted by atomic mass is 9.70. The number of nitrogens with two attached hydrogens (primary N) is 1. The Bertz CT molecular complexity index is 254. The van der Waals surface area contributed by atoms with Gasteiger partial charge >= 0.3 is 0 Å². The van der Waals surface area contributed by atoms with E-state index in [1.54, 1.807) is 0 Å². The second-order valence-electron chi connectivity index (χ2n) is 7.24. The van der Waals surface area contributed by atoms with E-state index in [9.17, 15) is 0 Å². The van der Waals surface area contributed by atoms with Gasteiger partial charge in [0.25, 0.3) is 0 Å². The van der Waals surface area contributed by atoms with Crippen LogP contribution >= 0.6 is 0 Å². The Morgan fingerprint density at radius 3 is 2.44 bits per heavy atom. The van der Waals surface area contributed by atoms with Crippen molar-refractivity contribution in [1.82, 2.24) is 4.90 Å². The second kappa shape index (κ2) is 5.92. The molecular formula is C16H32N2. The third-order valence-corrected chi connectivity index (χ3v) is 5.45. The maximum absolute atomic E-state index is 6.54. The van der Waals surface area contributed by atoms with Gasteiger partial charge in [-0.15, -0.1) is 0 Å². The summed E-state index contributed by atoms with van der Waals surface area (Å²) in [5.41, 5.74) is 6.88. The lowest BCUT2D eigenvalue weighted by molar-refractivity contribution is 0.0434. The van der Waals surface area contributed by atoms with Crippen LogP contribution in [0.5, 0.6) is 0 Å². The second-order valence-corrected chi connectivity index (χ2v) is 7.24. The molecule has 1 saturated carbocycles. The SMILES string of the molecule is CCCC1CCN(C2CCCC(C)(C)C2N)CC1. The first-order valence-corrected chi connectivity index (χ1v) is 8.04. The Balaban J connectivity index is 1.89. The third kappa shape index (κ3) is 3.08. The van der Waals surface area contributed by atoms with Crippen molar-refractivity contribution in [1.29, 1.82) is 0 Å². The van der Waals surface area contributed by atoms with Gasteiger partial charge in [0.05, 0.1) is 0 Å². The van der Waals surface area contributed by atoms with Gasteiger partial charge in [-0.3, -0.25) is 4.90 Å². The zero-order chi connectivity index (χ0) is 13.2. The minimum Gasteiger partial charge on any atom is -0.326 e. The van der Waals surface area contributed by atoms with Gasteiger partial charge in [-0.1, -0.05) is 40.0 Å². The topological polar surface area (TPSA) is 29.3 Å². The summed E-state index contributed by atoms with van der Waals surface area (Å²) in [4.78, 5) is 2.71. The largest absolute Gasteiger partial charge is 0.326 e. The van der Waals surface area contributed by atoms with Crippen molar-refractivity contribution in [2.24, 2.45) is 17.1 Å². The van der Waals surface area contributed by atoms with Gasteiger partial charge in [0.2, 0.25) is 0 Å². The molecule has 2 fully saturated rings. The van der Waals surface area contributed by atoms with Crippen molar-refractivity contribution in [3.05, 3.63) is 0 Å². The molecule has 2 aliphatic rings. The molecule has 106 valence electrons. The van der Waals surface area contributed by atoms with Crippen LogP contribution in [-0.2, 0) is 0 Å². The van der Waals surface area contributed by atoms with Gasteiger partial charge in [0.1, 0.15) is 0 Å². The summed E-state index contributed by atoms with van der Waals surface area (Å²) < 4.78 is 0. The molecule has 1 aliphatic carbocycles. The van der Waals surface area contributed by atoms with E-state index in [1.807, 2.05) is 0 Å². The molecule has 2 rings (SSSR count). The molecule has 0 spiro atoms. The Morgan fingerprint density at radius 2 is 1.83 bits per heavy atom. The molecule has 1 aliphatic heterocycles. The van der Waals surface area contributed by atoms with Gasteiger partial charge in [-0.25, -0.2) is 0 Å². The van der Waals surface area contributed by atoms with Crippen molar-refractivity contribution in [2.45, 2.75) is 77.8 Å². The average Bonchev–Trinajstić information content (AvgIpc) is 2.34. The molecule has 0 bridgehead atoms. The highest BCUT2D eigenvalue weighted by Gasteiger charge is 2.39. The van der Waals surface area contributed by atoms with E-state index in [-0.39, 0.29) is 0 Å². The molecule has 0 aromatic heterocycles. The monoisotopic (exact) mass is 252 g/mol. The Morgan fingerprint density at radius 1 is 1.17 bits per heavy atom. The van der Waals surface area contributed by atoms with Gasteiger partial charge in [0, 0.05) is 12.1 Å². The van der Waals surface area contributed by atoms with Gasteiger partial charge in [0.15, 0.2) is 0 Å². The molecule has 2 nitrogen and oxygen atoms in total. The van der Waals surface area contributed by atoms with Gasteiger partial charge in [-0.05, 0) is 50.1 Å². The summed E-state index contributed by atoms with van der Waals surface area (Å²) in [6.45, 7) is 9.60. The fourth-order valence-corrected chi connectivity index (χ4v) is 4.03. The van der Waals surface area contributed by atoms with E-state index in [0.717, 1.165) is 5.92 Å². The maximum Gasteiger partial charge on any atom is 0.0252 e. The zero-order valence-corrected chi connectivity index (χ0v) is 12.6. The molecular weight excluding hydrogens is 220 g/mol. The van der Waals surface area contributed by atoms with Crippen LogP contribution in [0.25, 0.3) is 0 Å². The maximum atomic E-state index is 6.54. The number of likely N-dealkylation sites (tertiary alicyclic amines) is 1. The first kappa shape index (κ1) is 14.3. The van der Waals surface area contributed by atoms with Crippen LogP contribution in [0, 0.1) is 11.3 Å². The molecule has 0 aromatic rings. The highest BCUT2D eigenvalue weighted by Crippen LogP contribution is 2.37. The molecule has 2 atom stereocenters. The van der Waals surface area contributed by atoms with Crippen LogP contribution in [0.15, 0.2) is 0 Å². The summed E-state index contributed by atoms with van der Waals surface area (Å²) in [5.74, 6) is 0.985. The summed E-state index contributed by atoms with van der Waals surface area (Å²) in [5, 5.41) is 0. The van der Waals surface area contributed by atoms with E-state index in [0.29, 0.717) is 17.5 Å². The van der Waals surface area contributed by atoms with Crippen molar-refractivity contribution in [3.63, 3.8) is 0 Å². The summed E-state index contributed by atoms with van der Waals surface area (Å²) in [6.07, 6.45) is 9.56. The van der Waals surface area contributed by atoms with Crippen molar-refractivity contribution in [3.8, 4) is 0 Å². The molecule has 18 heavy (non-hydrogen) atoms. The average molecular weight is 252 g/mol. The molecule has 2 unspecified atom stereocenters. The van der Waals surface area contributed by atoms with E-state index >= 15 is 0 Å². The van der Waals surface area contributed by atoms with Crippen LogP contribution in [0.1, 0.15) is 65.7 Å². The molecule has 2 N–H and O–H groups in total. The molecule has 1 heterocycles. The zero-order valence-electron chi connectivity index (χ0n) is 12.6. The highest BCUT2D eigenvalue weighted by molar-refractivity contribution is 4.97. The van der Waals surface area contributed by atoms with E-state index in [2.05, 4.69) is 25.7 Å². The van der Waals surface area contributed by atoms with Crippen LogP contribution in [-0.4, -0.2) is 30.1 Å². The first-order chi connectivity index (χ1) is 8.54. The van der Waals surface area contributed by atoms with Crippen LogP contribution < -0.4 is 5.73 Å². The minimum absolute atomic E-state index is 0.336. The summed E-state index contributed by atoms with van der Waals surface area (Å²) >= 11 is 0. The molecule has 0 radical (unpaired) electrons. The fourth-order valence-electron chi connectivity index (χ4n) is 4.03. The molecule has 0 aromatic carbocycles. The Labute approximate surface area is 113 Å². The number of rotatable bonds is 3. The van der Waals surface area contributed by atoms with E-state index in [1.165, 1.54) is 58.0 Å². The number of hydrogen-bond acceptors (Lipinski definition) is 2. The molecule has 2 heteroatoms. The smallest absolute Gasteiger partial charge is 0.0252 e. The summed E-state index contributed by atoms with van der Waals surface area (Å²) in [7, 11) is 0. The third-order valence-electron chi connectivity index (χ3n) is 5.45. The quantitative estimate of drug-likeness (QED) is 0.834. The Hall–Kier alpha value is -0.0800. The van der Waals surface area contributed by atoms with Crippen LogP contribution in [0.2, 0.25) is 0 Å². The van der Waals surface area contributed by atoms with Crippen molar-refractivity contribution in [2.75, 3.05) is 13.1 Å². The van der Waals surface area contributed by atoms with Crippen molar-refractivity contribution < 1.29 is 0 Å². The standard InChI is InChI=1S/C16H32N2/c1-4-6-13-8-11-18(12-9-13)14-7-5-10-16(2,3)15(14)17/h13-15H,4-12,17H2,1-3H3. The summed E-state index contributed by atoms with van der Waals surface area (Å²) in [6, 6.07) is 1.02. The molecule has 1 saturated heterocycles. The van der Waals surface area contributed by atoms with Gasteiger partial charge < -0.3 is 5.73 Å². The normalized spacial score (nSPS) is 34.7. The van der Waals surface area contributed by atoms with Crippen LogP contribution in [0.4, 0.5) is 0 Å². The first-order valence-electron chi connectivity index (χ1n) is 8.04. The predicted octanol–water partition coefficient (Wildman–Crippen LogP) is 3.40. The van der Waals surface area contributed by atoms with Crippen LogP contribution in [0.3, 0.4) is 0 Å². The number of piperidine rings is 1. The Kier molecular flexibility index (Phi) is 4.71. The number of nitrogens with zero attached hydrogens (tertiary/aromatic N) is 1. The lowest BCUT2D eigenvalue weighted by Gasteiger charge is -2.48. The number of hydrogen-bond donors (Lipinski definition) is 1. The van der Waals surface area contributed by atoms with E-state index in [4.69, 9.17) is 5.73 Å². The lowest BCUT2D eigenvalue weighted by Crippen LogP contribution is -2.58. The highest BCUT2D eigenvalue weighted by atomic mass is 15.2. The molecule has 0 amide bonds. The fraction of sp³-hybridized carbons (Fsp3) is 1.00. The minimum atomic E-state index is 0.336. The van der Waals surface area contributed by atoms with E-state index < -0.39 is 0 Å². The van der Waals surface area contributed by atoms with Gasteiger partial charge in [-0.2, -0.15) is 0 Å². The predicted molar refractivity (Wildman–Crippen MR) is 78.6 cm³/mol.